The van der Waals surface area contributed by atoms with Crippen molar-refractivity contribution in [2.45, 2.75) is 60.3 Å². The number of benzene rings is 3. The van der Waals surface area contributed by atoms with Crippen molar-refractivity contribution in [1.29, 1.82) is 0 Å². The molecule has 5 aromatic rings. The third-order valence-electron chi connectivity index (χ3n) is 7.25. The average molecular weight is 494 g/mol. The monoisotopic (exact) mass is 493 g/mol. The summed E-state index contributed by atoms with van der Waals surface area (Å²) < 4.78 is 6.07. The van der Waals surface area contributed by atoms with Gasteiger partial charge in [0.1, 0.15) is 11.2 Å². The topological polar surface area (TPSA) is 41.3 Å². The first-order chi connectivity index (χ1) is 18.1. The predicted molar refractivity (Wildman–Crippen MR) is 160 cm³/mol. The number of furan rings is 1. The Morgan fingerprint density at radius 3 is 2.38 bits per heavy atom. The second-order valence-electron chi connectivity index (χ2n) is 9.23. The zero-order valence-corrected chi connectivity index (χ0v) is 23.2. The quantitative estimate of drug-likeness (QED) is 0.270. The van der Waals surface area contributed by atoms with Crippen LogP contribution in [0.2, 0.25) is 0 Å². The van der Waals surface area contributed by atoms with E-state index in [1.165, 1.54) is 16.8 Å². The summed E-state index contributed by atoms with van der Waals surface area (Å²) in [4.78, 5) is 7.20. The van der Waals surface area contributed by atoms with E-state index in [1.54, 1.807) is 0 Å². The molecule has 1 aliphatic rings. The van der Waals surface area contributed by atoms with Crippen LogP contribution in [0.4, 0.5) is 22.9 Å². The van der Waals surface area contributed by atoms with Gasteiger partial charge < -0.3 is 14.6 Å². The Balaban J connectivity index is 0.000000765. The van der Waals surface area contributed by atoms with Crippen LogP contribution in [-0.2, 0) is 5.41 Å². The van der Waals surface area contributed by atoms with Crippen LogP contribution in [0.3, 0.4) is 0 Å². The molecule has 0 saturated heterocycles. The molecule has 3 heterocycles. The summed E-state index contributed by atoms with van der Waals surface area (Å²) >= 11 is 0. The number of rotatable bonds is 4. The summed E-state index contributed by atoms with van der Waals surface area (Å²) in [6.07, 6.45) is 2.96. The van der Waals surface area contributed by atoms with E-state index in [1.807, 2.05) is 52.1 Å². The highest BCUT2D eigenvalue weighted by Gasteiger charge is 2.39. The molecule has 3 aromatic carbocycles. The van der Waals surface area contributed by atoms with Gasteiger partial charge in [0.25, 0.3) is 0 Å². The second kappa shape index (κ2) is 11.1. The Hall–Kier alpha value is -3.79. The van der Waals surface area contributed by atoms with Crippen molar-refractivity contribution in [2.75, 3.05) is 16.8 Å². The third kappa shape index (κ3) is 4.57. The van der Waals surface area contributed by atoms with E-state index < -0.39 is 0 Å². The van der Waals surface area contributed by atoms with E-state index in [0.29, 0.717) is 0 Å². The highest BCUT2D eigenvalue weighted by Crippen LogP contribution is 2.47. The molecule has 6 rings (SSSR count). The summed E-state index contributed by atoms with van der Waals surface area (Å²) in [6, 6.07) is 25.2. The standard InChI is InChI=1S/C29H27N3O.2C2H6/c1-4-29(3)18-32(24-13-7-6-11-21(24)29)28-23(12-9-17-30-28)31-22-15-16-26-27(19(22)2)20-10-5-8-14-25(20)33-26;2*1-2/h5-17,31H,4,18H2,1-3H3;2*1-2H3. The Bertz CT molecular complexity index is 1500. The molecule has 1 N–H and O–H groups in total. The van der Waals surface area contributed by atoms with Gasteiger partial charge in [-0.05, 0) is 60.9 Å². The number of nitrogens with one attached hydrogen (secondary N) is 1. The summed E-state index contributed by atoms with van der Waals surface area (Å²) in [5.74, 6) is 0.957. The fourth-order valence-electron chi connectivity index (χ4n) is 5.21. The minimum atomic E-state index is 0.107. The number of para-hydroxylation sites is 2. The molecule has 0 amide bonds. The van der Waals surface area contributed by atoms with Gasteiger partial charge in [0, 0.05) is 40.3 Å². The van der Waals surface area contributed by atoms with E-state index in [2.05, 4.69) is 85.6 Å². The lowest BCUT2D eigenvalue weighted by Gasteiger charge is -2.26. The van der Waals surface area contributed by atoms with E-state index >= 15 is 0 Å². The van der Waals surface area contributed by atoms with Crippen molar-refractivity contribution < 1.29 is 4.42 Å². The fourth-order valence-corrected chi connectivity index (χ4v) is 5.21. The predicted octanol–water partition coefficient (Wildman–Crippen LogP) is 9.90. The van der Waals surface area contributed by atoms with Crippen LogP contribution in [-0.4, -0.2) is 11.5 Å². The van der Waals surface area contributed by atoms with Gasteiger partial charge in [-0.15, -0.1) is 0 Å². The highest BCUT2D eigenvalue weighted by molar-refractivity contribution is 6.08. The number of pyridine rings is 1. The Labute approximate surface area is 221 Å². The van der Waals surface area contributed by atoms with Crippen LogP contribution in [0, 0.1) is 6.92 Å². The van der Waals surface area contributed by atoms with Crippen LogP contribution >= 0.6 is 0 Å². The van der Waals surface area contributed by atoms with Crippen LogP contribution in [0.15, 0.2) is 83.4 Å². The third-order valence-corrected chi connectivity index (χ3v) is 7.25. The zero-order chi connectivity index (χ0) is 26.6. The maximum absolute atomic E-state index is 6.07. The van der Waals surface area contributed by atoms with Crippen LogP contribution in [0.25, 0.3) is 21.9 Å². The molecule has 0 saturated carbocycles. The SMILES string of the molecule is CC.CC.CCC1(C)CN(c2ncccc2Nc2ccc3oc4ccccc4c3c2C)c2ccccc21. The molecule has 1 aliphatic heterocycles. The maximum Gasteiger partial charge on any atom is 0.156 e. The number of hydrogen-bond donors (Lipinski definition) is 1. The summed E-state index contributed by atoms with van der Waals surface area (Å²) in [7, 11) is 0. The molecular formula is C33H39N3O. The Morgan fingerprint density at radius 1 is 0.865 bits per heavy atom. The summed E-state index contributed by atoms with van der Waals surface area (Å²) in [6.45, 7) is 15.7. The highest BCUT2D eigenvalue weighted by atomic mass is 16.3. The molecule has 4 nitrogen and oxygen atoms in total. The average Bonchev–Trinajstić information content (AvgIpc) is 3.49. The van der Waals surface area contributed by atoms with Gasteiger partial charge in [-0.3, -0.25) is 0 Å². The number of hydrogen-bond acceptors (Lipinski definition) is 4. The lowest BCUT2D eigenvalue weighted by molar-refractivity contribution is 0.491. The molecule has 4 heteroatoms. The van der Waals surface area contributed by atoms with Gasteiger partial charge in [0.2, 0.25) is 0 Å². The first-order valence-corrected chi connectivity index (χ1v) is 13.6. The molecular weight excluding hydrogens is 454 g/mol. The number of anilines is 4. The van der Waals surface area contributed by atoms with Gasteiger partial charge >= 0.3 is 0 Å². The molecule has 0 aliphatic carbocycles. The van der Waals surface area contributed by atoms with E-state index in [4.69, 9.17) is 9.40 Å². The second-order valence-corrected chi connectivity index (χ2v) is 9.23. The molecule has 0 bridgehead atoms. The number of nitrogens with zero attached hydrogens (tertiary/aromatic N) is 2. The lowest BCUT2D eigenvalue weighted by Crippen LogP contribution is -2.28. The van der Waals surface area contributed by atoms with Crippen molar-refractivity contribution in [3.05, 3.63) is 90.1 Å². The minimum absolute atomic E-state index is 0.107. The molecule has 2 aromatic heterocycles. The lowest BCUT2D eigenvalue weighted by atomic mass is 9.82. The van der Waals surface area contributed by atoms with Crippen molar-refractivity contribution >= 4 is 44.8 Å². The first-order valence-electron chi connectivity index (χ1n) is 13.6. The largest absolute Gasteiger partial charge is 0.456 e. The van der Waals surface area contributed by atoms with Crippen LogP contribution < -0.4 is 10.2 Å². The smallest absolute Gasteiger partial charge is 0.156 e. The minimum Gasteiger partial charge on any atom is -0.456 e. The summed E-state index contributed by atoms with van der Waals surface area (Å²) in [5, 5.41) is 6.00. The van der Waals surface area contributed by atoms with Crippen molar-refractivity contribution in [3.63, 3.8) is 0 Å². The molecule has 0 spiro atoms. The number of aryl methyl sites for hydroxylation is 1. The Morgan fingerprint density at radius 2 is 1.59 bits per heavy atom. The van der Waals surface area contributed by atoms with Crippen LogP contribution in [0.5, 0.6) is 0 Å². The van der Waals surface area contributed by atoms with Gasteiger partial charge in [0.15, 0.2) is 5.82 Å². The zero-order valence-electron chi connectivity index (χ0n) is 23.2. The van der Waals surface area contributed by atoms with Crippen molar-refractivity contribution in [2.24, 2.45) is 0 Å². The Kier molecular flexibility index (Phi) is 7.87. The van der Waals surface area contributed by atoms with Gasteiger partial charge in [-0.25, -0.2) is 4.98 Å². The molecule has 1 atom stereocenters. The number of fused-ring (bicyclic) bond motifs is 4. The molecule has 0 radical (unpaired) electrons. The van der Waals surface area contributed by atoms with E-state index in [9.17, 15) is 0 Å². The molecule has 37 heavy (non-hydrogen) atoms. The first kappa shape index (κ1) is 26.3. The van der Waals surface area contributed by atoms with E-state index in [-0.39, 0.29) is 5.41 Å². The van der Waals surface area contributed by atoms with Gasteiger partial charge in [-0.1, -0.05) is 77.9 Å². The normalized spacial score (nSPS) is 16.0. The van der Waals surface area contributed by atoms with Crippen LogP contribution in [0.1, 0.15) is 59.1 Å². The molecule has 0 fully saturated rings. The maximum atomic E-state index is 6.07. The summed E-state index contributed by atoms with van der Waals surface area (Å²) in [5.41, 5.74) is 7.82. The van der Waals surface area contributed by atoms with E-state index in [0.717, 1.165) is 52.1 Å². The van der Waals surface area contributed by atoms with Crippen molar-refractivity contribution in [3.8, 4) is 0 Å². The van der Waals surface area contributed by atoms with Gasteiger partial charge in [0.05, 0.1) is 5.69 Å². The number of aromatic nitrogens is 1. The molecule has 1 unspecified atom stereocenters. The van der Waals surface area contributed by atoms with Gasteiger partial charge in [-0.2, -0.15) is 0 Å². The fraction of sp³-hybridized carbons (Fsp3) is 0.303. The van der Waals surface area contributed by atoms with Crippen molar-refractivity contribution in [1.82, 2.24) is 4.98 Å². The molecule has 192 valence electrons.